The minimum Gasteiger partial charge on any atom is -0.328 e. The summed E-state index contributed by atoms with van der Waals surface area (Å²) in [5.41, 5.74) is 6.30. The average Bonchev–Trinajstić information content (AvgIpc) is 2.38. The molecule has 1 aromatic carbocycles. The van der Waals surface area contributed by atoms with Gasteiger partial charge in [0.15, 0.2) is 0 Å². The number of rotatable bonds is 2. The van der Waals surface area contributed by atoms with Crippen LogP contribution in [-0.4, -0.2) is 16.0 Å². The highest BCUT2D eigenvalue weighted by atomic mass is 19.1. The molecule has 1 heterocycles. The van der Waals surface area contributed by atoms with Crippen molar-refractivity contribution in [3.63, 3.8) is 0 Å². The van der Waals surface area contributed by atoms with Crippen molar-refractivity contribution in [2.24, 2.45) is 5.73 Å². The molecule has 5 heteroatoms. The predicted octanol–water partition coefficient (Wildman–Crippen LogP) is 2.63. The molecule has 3 nitrogen and oxygen atoms in total. The SMILES string of the molecule is NC1CC(c2nccc(-c3cc(F)ccc3F)n2)C1. The van der Waals surface area contributed by atoms with Gasteiger partial charge in [0.25, 0.3) is 0 Å². The Labute approximate surface area is 109 Å². The van der Waals surface area contributed by atoms with Crippen LogP contribution < -0.4 is 5.73 Å². The largest absolute Gasteiger partial charge is 0.328 e. The maximum atomic E-state index is 13.7. The van der Waals surface area contributed by atoms with E-state index in [2.05, 4.69) is 9.97 Å². The van der Waals surface area contributed by atoms with E-state index in [1.807, 2.05) is 0 Å². The number of nitrogens with zero attached hydrogens (tertiary/aromatic N) is 2. The lowest BCUT2D eigenvalue weighted by atomic mass is 9.80. The Kier molecular flexibility index (Phi) is 2.98. The van der Waals surface area contributed by atoms with Crippen LogP contribution in [0.5, 0.6) is 0 Å². The van der Waals surface area contributed by atoms with Gasteiger partial charge in [-0.15, -0.1) is 0 Å². The first-order valence-corrected chi connectivity index (χ1v) is 6.17. The maximum absolute atomic E-state index is 13.7. The number of benzene rings is 1. The fourth-order valence-electron chi connectivity index (χ4n) is 2.29. The minimum atomic E-state index is -0.489. The van der Waals surface area contributed by atoms with Crippen molar-refractivity contribution in [2.75, 3.05) is 0 Å². The normalized spacial score (nSPS) is 22.1. The molecule has 0 bridgehead atoms. The summed E-state index contributed by atoms with van der Waals surface area (Å²) in [6.45, 7) is 0. The Morgan fingerprint density at radius 3 is 2.68 bits per heavy atom. The van der Waals surface area contributed by atoms with Gasteiger partial charge in [-0.3, -0.25) is 0 Å². The van der Waals surface area contributed by atoms with Gasteiger partial charge < -0.3 is 5.73 Å². The van der Waals surface area contributed by atoms with Crippen LogP contribution >= 0.6 is 0 Å². The van der Waals surface area contributed by atoms with E-state index in [-0.39, 0.29) is 17.5 Å². The molecular formula is C14H13F2N3. The molecule has 0 amide bonds. The molecule has 0 aliphatic heterocycles. The standard InChI is InChI=1S/C14H13F2N3/c15-9-1-2-12(16)11(7-9)13-3-4-18-14(19-13)8-5-10(17)6-8/h1-4,7-8,10H,5-6,17H2. The summed E-state index contributed by atoms with van der Waals surface area (Å²) < 4.78 is 26.9. The molecular weight excluding hydrogens is 248 g/mol. The van der Waals surface area contributed by atoms with Crippen LogP contribution in [-0.2, 0) is 0 Å². The Morgan fingerprint density at radius 2 is 1.95 bits per heavy atom. The van der Waals surface area contributed by atoms with Crippen molar-refractivity contribution in [2.45, 2.75) is 24.8 Å². The second-order valence-electron chi connectivity index (χ2n) is 4.85. The van der Waals surface area contributed by atoms with E-state index >= 15 is 0 Å². The van der Waals surface area contributed by atoms with Gasteiger partial charge in [-0.1, -0.05) is 0 Å². The third-order valence-corrected chi connectivity index (χ3v) is 3.42. The molecule has 3 rings (SSSR count). The summed E-state index contributed by atoms with van der Waals surface area (Å²) in [4.78, 5) is 8.52. The van der Waals surface area contributed by atoms with Crippen molar-refractivity contribution in [3.8, 4) is 11.3 Å². The molecule has 1 fully saturated rings. The molecule has 2 aromatic rings. The van der Waals surface area contributed by atoms with Crippen LogP contribution in [0.3, 0.4) is 0 Å². The molecule has 98 valence electrons. The maximum Gasteiger partial charge on any atom is 0.132 e. The lowest BCUT2D eigenvalue weighted by molar-refractivity contribution is 0.338. The highest BCUT2D eigenvalue weighted by molar-refractivity contribution is 5.59. The summed E-state index contributed by atoms with van der Waals surface area (Å²) >= 11 is 0. The first-order valence-electron chi connectivity index (χ1n) is 6.17. The molecule has 1 saturated carbocycles. The van der Waals surface area contributed by atoms with E-state index in [4.69, 9.17) is 5.73 Å². The van der Waals surface area contributed by atoms with Crippen molar-refractivity contribution in [3.05, 3.63) is 47.9 Å². The zero-order valence-corrected chi connectivity index (χ0v) is 10.2. The smallest absolute Gasteiger partial charge is 0.132 e. The highest BCUT2D eigenvalue weighted by Gasteiger charge is 2.29. The van der Waals surface area contributed by atoms with E-state index in [9.17, 15) is 8.78 Å². The van der Waals surface area contributed by atoms with E-state index in [1.54, 1.807) is 12.3 Å². The molecule has 1 aromatic heterocycles. The van der Waals surface area contributed by atoms with Crippen molar-refractivity contribution < 1.29 is 8.78 Å². The average molecular weight is 261 g/mol. The fourth-order valence-corrected chi connectivity index (χ4v) is 2.29. The van der Waals surface area contributed by atoms with E-state index in [1.165, 1.54) is 0 Å². The summed E-state index contributed by atoms with van der Waals surface area (Å²) in [7, 11) is 0. The molecule has 19 heavy (non-hydrogen) atoms. The van der Waals surface area contributed by atoms with E-state index in [0.29, 0.717) is 11.5 Å². The van der Waals surface area contributed by atoms with Crippen LogP contribution in [0.1, 0.15) is 24.6 Å². The molecule has 0 unspecified atom stereocenters. The fraction of sp³-hybridized carbons (Fsp3) is 0.286. The van der Waals surface area contributed by atoms with E-state index < -0.39 is 11.6 Å². The summed E-state index contributed by atoms with van der Waals surface area (Å²) in [5, 5.41) is 0. The van der Waals surface area contributed by atoms with Gasteiger partial charge in [0.2, 0.25) is 0 Å². The Balaban J connectivity index is 1.96. The second-order valence-corrected chi connectivity index (χ2v) is 4.85. The lowest BCUT2D eigenvalue weighted by Gasteiger charge is -2.31. The number of aromatic nitrogens is 2. The summed E-state index contributed by atoms with van der Waals surface area (Å²) in [5.74, 6) is -0.0898. The number of halogens is 2. The Bertz CT molecular complexity index is 609. The molecule has 1 aliphatic carbocycles. The molecule has 0 atom stereocenters. The molecule has 0 saturated heterocycles. The van der Waals surface area contributed by atoms with Gasteiger partial charge in [-0.25, -0.2) is 18.7 Å². The quantitative estimate of drug-likeness (QED) is 0.904. The van der Waals surface area contributed by atoms with Gasteiger partial charge >= 0.3 is 0 Å². The first kappa shape index (κ1) is 12.2. The minimum absolute atomic E-state index is 0.160. The van der Waals surface area contributed by atoms with Gasteiger partial charge in [0.1, 0.15) is 17.5 Å². The first-order chi connectivity index (χ1) is 9.13. The zero-order valence-electron chi connectivity index (χ0n) is 10.2. The number of hydrogen-bond acceptors (Lipinski definition) is 3. The van der Waals surface area contributed by atoms with Gasteiger partial charge in [0.05, 0.1) is 5.69 Å². The highest BCUT2D eigenvalue weighted by Crippen LogP contribution is 2.34. The Hall–Kier alpha value is -1.88. The molecule has 0 radical (unpaired) electrons. The molecule has 1 aliphatic rings. The van der Waals surface area contributed by atoms with Gasteiger partial charge in [0, 0.05) is 23.7 Å². The summed E-state index contributed by atoms with van der Waals surface area (Å²) in [6, 6.07) is 5.12. The molecule has 0 spiro atoms. The van der Waals surface area contributed by atoms with Crippen LogP contribution in [0.2, 0.25) is 0 Å². The van der Waals surface area contributed by atoms with Gasteiger partial charge in [-0.05, 0) is 37.1 Å². The number of nitrogens with two attached hydrogens (primary N) is 1. The van der Waals surface area contributed by atoms with Crippen LogP contribution in [0.15, 0.2) is 30.5 Å². The van der Waals surface area contributed by atoms with Crippen molar-refractivity contribution in [1.82, 2.24) is 9.97 Å². The third-order valence-electron chi connectivity index (χ3n) is 3.42. The van der Waals surface area contributed by atoms with E-state index in [0.717, 1.165) is 31.0 Å². The predicted molar refractivity (Wildman–Crippen MR) is 67.3 cm³/mol. The third kappa shape index (κ3) is 2.33. The molecule has 2 N–H and O–H groups in total. The lowest BCUT2D eigenvalue weighted by Crippen LogP contribution is -2.35. The van der Waals surface area contributed by atoms with Crippen molar-refractivity contribution >= 4 is 0 Å². The Morgan fingerprint density at radius 1 is 1.16 bits per heavy atom. The van der Waals surface area contributed by atoms with Gasteiger partial charge in [-0.2, -0.15) is 0 Å². The second kappa shape index (κ2) is 4.66. The van der Waals surface area contributed by atoms with Crippen LogP contribution in [0.25, 0.3) is 11.3 Å². The topological polar surface area (TPSA) is 51.8 Å². The monoisotopic (exact) mass is 261 g/mol. The zero-order chi connectivity index (χ0) is 13.4. The summed E-state index contributed by atoms with van der Waals surface area (Å²) in [6.07, 6.45) is 3.26. The van der Waals surface area contributed by atoms with Crippen LogP contribution in [0.4, 0.5) is 8.78 Å². The van der Waals surface area contributed by atoms with Crippen LogP contribution in [0, 0.1) is 11.6 Å². The number of hydrogen-bond donors (Lipinski definition) is 1. The van der Waals surface area contributed by atoms with Crippen molar-refractivity contribution in [1.29, 1.82) is 0 Å².